The smallest absolute Gasteiger partial charge is 0.136 e. The van der Waals surface area contributed by atoms with Crippen molar-refractivity contribution in [2.24, 2.45) is 0 Å². The topological polar surface area (TPSA) is 41.1 Å². The molecule has 15 heavy (non-hydrogen) atoms. The predicted octanol–water partition coefficient (Wildman–Crippen LogP) is 1.85. The fourth-order valence-corrected chi connectivity index (χ4v) is 1.48. The van der Waals surface area contributed by atoms with Crippen LogP contribution in [0.4, 0.5) is 11.6 Å². The summed E-state index contributed by atoms with van der Waals surface area (Å²) >= 11 is 0. The van der Waals surface area contributed by atoms with Crippen LogP contribution in [0.15, 0.2) is 0 Å². The zero-order chi connectivity index (χ0) is 11.4. The van der Waals surface area contributed by atoms with Crippen molar-refractivity contribution in [3.8, 4) is 0 Å². The highest BCUT2D eigenvalue weighted by atomic mass is 15.2. The first-order chi connectivity index (χ1) is 7.10. The number of hydrogen-bond acceptors (Lipinski definition) is 4. The molecule has 0 aliphatic heterocycles. The van der Waals surface area contributed by atoms with Crippen molar-refractivity contribution in [2.75, 3.05) is 30.9 Å². The van der Waals surface area contributed by atoms with Crippen molar-refractivity contribution in [3.05, 3.63) is 11.4 Å². The number of nitrogens with one attached hydrogen (secondary N) is 1. The normalized spacial score (nSPS) is 10.2. The summed E-state index contributed by atoms with van der Waals surface area (Å²) in [5.74, 6) is 2.84. The number of rotatable bonds is 4. The molecule has 4 nitrogen and oxygen atoms in total. The van der Waals surface area contributed by atoms with Gasteiger partial charge in [-0.1, -0.05) is 6.92 Å². The van der Waals surface area contributed by atoms with Crippen molar-refractivity contribution < 1.29 is 0 Å². The fraction of sp³-hybridized carbons (Fsp3) is 0.636. The molecule has 1 aromatic heterocycles. The lowest BCUT2D eigenvalue weighted by Crippen LogP contribution is -2.16. The van der Waals surface area contributed by atoms with E-state index in [2.05, 4.69) is 29.1 Å². The van der Waals surface area contributed by atoms with Gasteiger partial charge in [-0.2, -0.15) is 0 Å². The van der Waals surface area contributed by atoms with Gasteiger partial charge in [0, 0.05) is 32.6 Å². The molecule has 0 bridgehead atoms. The van der Waals surface area contributed by atoms with Gasteiger partial charge in [-0.05, 0) is 13.8 Å². The van der Waals surface area contributed by atoms with E-state index in [1.165, 1.54) is 0 Å². The third kappa shape index (κ3) is 2.58. The van der Waals surface area contributed by atoms with Crippen LogP contribution in [0.2, 0.25) is 0 Å². The molecule has 1 N–H and O–H groups in total. The largest absolute Gasteiger partial charge is 0.370 e. The van der Waals surface area contributed by atoms with E-state index in [0.29, 0.717) is 0 Å². The predicted molar refractivity (Wildman–Crippen MR) is 64.6 cm³/mol. The van der Waals surface area contributed by atoms with Crippen molar-refractivity contribution in [1.82, 2.24) is 9.97 Å². The van der Waals surface area contributed by atoms with Crippen LogP contribution in [0.1, 0.15) is 25.2 Å². The molecule has 0 aromatic carbocycles. The van der Waals surface area contributed by atoms with E-state index >= 15 is 0 Å². The number of hydrogen-bond donors (Lipinski definition) is 1. The molecular weight excluding hydrogens is 188 g/mol. The molecule has 0 spiro atoms. The zero-order valence-electron chi connectivity index (χ0n) is 10.3. The molecule has 0 aliphatic carbocycles. The van der Waals surface area contributed by atoms with Gasteiger partial charge in [-0.15, -0.1) is 0 Å². The summed E-state index contributed by atoms with van der Waals surface area (Å²) < 4.78 is 0. The number of nitrogens with zero attached hydrogens (tertiary/aromatic N) is 3. The molecule has 1 heterocycles. The average molecular weight is 208 g/mol. The van der Waals surface area contributed by atoms with E-state index in [1.54, 1.807) is 0 Å². The highest BCUT2D eigenvalue weighted by Crippen LogP contribution is 2.21. The van der Waals surface area contributed by atoms with E-state index in [0.717, 1.165) is 36.0 Å². The highest BCUT2D eigenvalue weighted by Gasteiger charge is 2.10. The summed E-state index contributed by atoms with van der Waals surface area (Å²) in [6.45, 7) is 7.07. The third-order valence-corrected chi connectivity index (χ3v) is 2.25. The maximum atomic E-state index is 4.51. The molecule has 0 saturated heterocycles. The Hall–Kier alpha value is -1.32. The number of aryl methyl sites for hydroxylation is 1. The second-order valence-corrected chi connectivity index (χ2v) is 3.72. The molecule has 1 aromatic rings. The SMILES string of the molecule is CCNc1nc(CC)nc(N(C)C)c1C. The van der Waals surface area contributed by atoms with Crippen LogP contribution in [-0.2, 0) is 6.42 Å². The van der Waals surface area contributed by atoms with E-state index < -0.39 is 0 Å². The molecule has 0 fully saturated rings. The Labute approximate surface area is 91.7 Å². The average Bonchev–Trinajstić information content (AvgIpc) is 2.21. The van der Waals surface area contributed by atoms with Crippen molar-refractivity contribution >= 4 is 11.6 Å². The van der Waals surface area contributed by atoms with Crippen LogP contribution < -0.4 is 10.2 Å². The van der Waals surface area contributed by atoms with Crippen LogP contribution in [0.3, 0.4) is 0 Å². The molecule has 4 heteroatoms. The minimum atomic E-state index is 0.861. The van der Waals surface area contributed by atoms with Crippen LogP contribution in [0.5, 0.6) is 0 Å². The Bertz CT molecular complexity index is 334. The summed E-state index contributed by atoms with van der Waals surface area (Å²) in [4.78, 5) is 11.0. The standard InChI is InChI=1S/C11H20N4/c1-6-9-13-10(12-7-2)8(3)11(14-9)15(4)5/h6-7H2,1-5H3,(H,12,13,14). The van der Waals surface area contributed by atoms with Crippen molar-refractivity contribution in [3.63, 3.8) is 0 Å². The second kappa shape index (κ2) is 4.96. The van der Waals surface area contributed by atoms with Gasteiger partial charge in [0.05, 0.1) is 0 Å². The maximum Gasteiger partial charge on any atom is 0.136 e. The summed E-state index contributed by atoms with van der Waals surface area (Å²) in [5, 5.41) is 3.27. The molecule has 0 atom stereocenters. The summed E-state index contributed by atoms with van der Waals surface area (Å²) in [6, 6.07) is 0. The minimum absolute atomic E-state index is 0.861. The number of aromatic nitrogens is 2. The van der Waals surface area contributed by atoms with E-state index in [-0.39, 0.29) is 0 Å². The molecular formula is C11H20N4. The zero-order valence-corrected chi connectivity index (χ0v) is 10.3. The first-order valence-electron chi connectivity index (χ1n) is 5.38. The quantitative estimate of drug-likeness (QED) is 0.819. The van der Waals surface area contributed by atoms with Gasteiger partial charge >= 0.3 is 0 Å². The first kappa shape index (κ1) is 11.8. The lowest BCUT2D eigenvalue weighted by molar-refractivity contribution is 0.902. The van der Waals surface area contributed by atoms with Gasteiger partial charge in [0.1, 0.15) is 17.5 Å². The third-order valence-electron chi connectivity index (χ3n) is 2.25. The van der Waals surface area contributed by atoms with E-state index in [9.17, 15) is 0 Å². The Morgan fingerprint density at radius 3 is 2.33 bits per heavy atom. The number of anilines is 2. The minimum Gasteiger partial charge on any atom is -0.370 e. The van der Waals surface area contributed by atoms with Gasteiger partial charge < -0.3 is 10.2 Å². The van der Waals surface area contributed by atoms with Crippen molar-refractivity contribution in [1.29, 1.82) is 0 Å². The van der Waals surface area contributed by atoms with Gasteiger partial charge in [-0.25, -0.2) is 9.97 Å². The van der Waals surface area contributed by atoms with E-state index in [4.69, 9.17) is 0 Å². The van der Waals surface area contributed by atoms with Crippen LogP contribution in [0.25, 0.3) is 0 Å². The van der Waals surface area contributed by atoms with Gasteiger partial charge in [0.25, 0.3) is 0 Å². The monoisotopic (exact) mass is 208 g/mol. The van der Waals surface area contributed by atoms with Gasteiger partial charge in [0.2, 0.25) is 0 Å². The highest BCUT2D eigenvalue weighted by molar-refractivity contribution is 5.57. The molecule has 1 rings (SSSR count). The lowest BCUT2D eigenvalue weighted by Gasteiger charge is -2.18. The first-order valence-corrected chi connectivity index (χ1v) is 5.38. The molecule has 0 unspecified atom stereocenters. The van der Waals surface area contributed by atoms with E-state index in [1.807, 2.05) is 25.9 Å². The molecule has 84 valence electrons. The summed E-state index contributed by atoms with van der Waals surface area (Å²) in [6.07, 6.45) is 0.861. The molecule has 0 amide bonds. The van der Waals surface area contributed by atoms with Crippen LogP contribution in [0, 0.1) is 6.92 Å². The second-order valence-electron chi connectivity index (χ2n) is 3.72. The summed E-state index contributed by atoms with van der Waals surface area (Å²) in [5.41, 5.74) is 1.11. The van der Waals surface area contributed by atoms with Gasteiger partial charge in [-0.3, -0.25) is 0 Å². The molecule has 0 aliphatic rings. The maximum absolute atomic E-state index is 4.51. The Kier molecular flexibility index (Phi) is 3.88. The van der Waals surface area contributed by atoms with Crippen LogP contribution in [-0.4, -0.2) is 30.6 Å². The van der Waals surface area contributed by atoms with Crippen LogP contribution >= 0.6 is 0 Å². The lowest BCUT2D eigenvalue weighted by atomic mass is 10.2. The van der Waals surface area contributed by atoms with Gasteiger partial charge in [0.15, 0.2) is 0 Å². The summed E-state index contributed by atoms with van der Waals surface area (Å²) in [7, 11) is 4.01. The molecule has 0 saturated carbocycles. The Balaban J connectivity index is 3.20. The van der Waals surface area contributed by atoms with Crippen molar-refractivity contribution in [2.45, 2.75) is 27.2 Å². The fourth-order valence-electron chi connectivity index (χ4n) is 1.48. The Morgan fingerprint density at radius 2 is 1.87 bits per heavy atom. The molecule has 0 radical (unpaired) electrons. The Morgan fingerprint density at radius 1 is 1.20 bits per heavy atom.